The first-order valence-electron chi connectivity index (χ1n) is 7.09. The van der Waals surface area contributed by atoms with E-state index in [1.54, 1.807) is 0 Å². The molecule has 0 aromatic rings. The van der Waals surface area contributed by atoms with Gasteiger partial charge in [-0.15, -0.1) is 0 Å². The van der Waals surface area contributed by atoms with Crippen molar-refractivity contribution < 1.29 is 38.1 Å². The maximum atomic E-state index is 11.3. The minimum Gasteiger partial charge on any atom is -0.463 e. The highest BCUT2D eigenvalue weighted by molar-refractivity contribution is 5.73. The maximum Gasteiger partial charge on any atom is 0.303 e. The molecule has 1 heterocycles. The molecule has 1 N–H and O–H groups in total. The van der Waals surface area contributed by atoms with Gasteiger partial charge in [0.15, 0.2) is 6.10 Å². The van der Waals surface area contributed by atoms with E-state index >= 15 is 0 Å². The molecule has 1 aliphatic rings. The van der Waals surface area contributed by atoms with Gasteiger partial charge in [0.25, 0.3) is 0 Å². The summed E-state index contributed by atoms with van der Waals surface area (Å²) in [6.45, 7) is 4.74. The van der Waals surface area contributed by atoms with Gasteiger partial charge in [0.05, 0.1) is 0 Å². The largest absolute Gasteiger partial charge is 0.463 e. The van der Waals surface area contributed by atoms with Gasteiger partial charge in [0.2, 0.25) is 5.91 Å². The van der Waals surface area contributed by atoms with Crippen LogP contribution in [0.5, 0.6) is 0 Å². The second-order valence-electron chi connectivity index (χ2n) is 5.12. The summed E-state index contributed by atoms with van der Waals surface area (Å²) in [5.74, 6) is -2.04. The zero-order valence-corrected chi connectivity index (χ0v) is 13.5. The van der Waals surface area contributed by atoms with Crippen LogP contribution in [0.25, 0.3) is 0 Å². The highest BCUT2D eigenvalue weighted by Crippen LogP contribution is 2.25. The first-order valence-corrected chi connectivity index (χ1v) is 7.09. The number of rotatable bonds is 5. The number of esters is 3. The van der Waals surface area contributed by atoms with E-state index < -0.39 is 42.4 Å². The molecule has 0 aromatic heterocycles. The Hall–Kier alpha value is -2.16. The van der Waals surface area contributed by atoms with Gasteiger partial charge in [-0.05, 0) is 0 Å². The highest BCUT2D eigenvalue weighted by atomic mass is 16.6. The Morgan fingerprint density at radius 3 is 2.09 bits per heavy atom. The van der Waals surface area contributed by atoms with Gasteiger partial charge in [-0.2, -0.15) is 0 Å². The predicted octanol–water partition coefficient (Wildman–Crippen LogP) is -0.336. The Morgan fingerprint density at radius 1 is 1.00 bits per heavy atom. The molecule has 1 saturated heterocycles. The van der Waals surface area contributed by atoms with E-state index in [1.807, 2.05) is 0 Å². The second-order valence-corrected chi connectivity index (χ2v) is 5.12. The van der Waals surface area contributed by atoms with Gasteiger partial charge in [0.1, 0.15) is 25.0 Å². The van der Waals surface area contributed by atoms with Crippen molar-refractivity contribution in [3.8, 4) is 0 Å². The number of carbonyl (C=O) groups excluding carboxylic acids is 4. The van der Waals surface area contributed by atoms with Crippen LogP contribution in [0.4, 0.5) is 0 Å². The van der Waals surface area contributed by atoms with Crippen molar-refractivity contribution in [3.63, 3.8) is 0 Å². The smallest absolute Gasteiger partial charge is 0.303 e. The van der Waals surface area contributed by atoms with E-state index in [-0.39, 0.29) is 18.9 Å². The summed E-state index contributed by atoms with van der Waals surface area (Å²) in [4.78, 5) is 44.8. The molecule has 1 aliphatic heterocycles. The molecular weight excluding hydrogens is 310 g/mol. The minimum absolute atomic E-state index is 0.105. The average Bonchev–Trinajstić information content (AvgIpc) is 2.37. The lowest BCUT2D eigenvalue weighted by Crippen LogP contribution is -2.57. The fourth-order valence-electron chi connectivity index (χ4n) is 2.25. The summed E-state index contributed by atoms with van der Waals surface area (Å²) >= 11 is 0. The lowest BCUT2D eigenvalue weighted by atomic mass is 10.00. The lowest BCUT2D eigenvalue weighted by Gasteiger charge is -2.40. The van der Waals surface area contributed by atoms with E-state index in [9.17, 15) is 19.2 Å². The van der Waals surface area contributed by atoms with E-state index in [4.69, 9.17) is 18.9 Å². The molecule has 0 bridgehead atoms. The van der Waals surface area contributed by atoms with Crippen LogP contribution >= 0.6 is 0 Å². The van der Waals surface area contributed by atoms with Crippen molar-refractivity contribution in [2.24, 2.45) is 0 Å². The summed E-state index contributed by atoms with van der Waals surface area (Å²) in [6.07, 6.45) is -3.31. The van der Waals surface area contributed by atoms with E-state index in [2.05, 4.69) is 5.32 Å². The van der Waals surface area contributed by atoms with E-state index in [0.29, 0.717) is 0 Å². The summed E-state index contributed by atoms with van der Waals surface area (Å²) in [5, 5.41) is 2.54. The van der Waals surface area contributed by atoms with Gasteiger partial charge < -0.3 is 24.3 Å². The molecule has 0 aliphatic carbocycles. The fourth-order valence-corrected chi connectivity index (χ4v) is 2.25. The highest BCUT2D eigenvalue weighted by Gasteiger charge is 2.43. The van der Waals surface area contributed by atoms with Crippen LogP contribution in [0, 0.1) is 0 Å². The Morgan fingerprint density at radius 2 is 1.61 bits per heavy atom. The predicted molar refractivity (Wildman–Crippen MR) is 74.8 cm³/mol. The molecule has 0 spiro atoms. The van der Waals surface area contributed by atoms with Gasteiger partial charge >= 0.3 is 17.9 Å². The van der Waals surface area contributed by atoms with Crippen molar-refractivity contribution in [2.75, 3.05) is 6.61 Å². The molecule has 0 aromatic carbocycles. The second kappa shape index (κ2) is 8.47. The van der Waals surface area contributed by atoms with Crippen LogP contribution in [0.3, 0.4) is 0 Å². The number of hydrogen-bond acceptors (Lipinski definition) is 8. The third-order valence-electron chi connectivity index (χ3n) is 2.95. The molecule has 130 valence electrons. The molecule has 9 heteroatoms. The number of ether oxygens (including phenoxy) is 4. The standard InChI is InChI=1S/C14H21NO8/c1-7(16)15-13-5-11(21-9(3)18)14(22-10(4)19)12(23-13)6-20-8(2)17/h11-14H,5-6H2,1-4H3,(H,15,16)/t11-,12-,13+,14+/m1/s1. The molecule has 1 amide bonds. The minimum atomic E-state index is -0.944. The van der Waals surface area contributed by atoms with Crippen molar-refractivity contribution >= 4 is 23.8 Å². The van der Waals surface area contributed by atoms with Crippen molar-refractivity contribution in [1.82, 2.24) is 5.32 Å². The normalized spacial score (nSPS) is 26.8. The third-order valence-corrected chi connectivity index (χ3v) is 2.95. The molecule has 0 radical (unpaired) electrons. The summed E-state index contributed by atoms with van der Waals surface area (Å²) < 4.78 is 20.8. The summed E-state index contributed by atoms with van der Waals surface area (Å²) in [7, 11) is 0. The maximum absolute atomic E-state index is 11.3. The first kappa shape index (κ1) is 18.9. The molecule has 0 unspecified atom stereocenters. The van der Waals surface area contributed by atoms with Crippen LogP contribution in [0.1, 0.15) is 34.1 Å². The van der Waals surface area contributed by atoms with E-state index in [0.717, 1.165) is 0 Å². The topological polar surface area (TPSA) is 117 Å². The van der Waals surface area contributed by atoms with Crippen LogP contribution in [0.2, 0.25) is 0 Å². The Labute approximate surface area is 133 Å². The van der Waals surface area contributed by atoms with Crippen molar-refractivity contribution in [3.05, 3.63) is 0 Å². The van der Waals surface area contributed by atoms with Crippen molar-refractivity contribution in [1.29, 1.82) is 0 Å². The molecule has 1 fully saturated rings. The number of carbonyl (C=O) groups is 4. The van der Waals surface area contributed by atoms with Crippen LogP contribution in [-0.2, 0) is 38.1 Å². The Balaban J connectivity index is 2.94. The van der Waals surface area contributed by atoms with E-state index in [1.165, 1.54) is 27.7 Å². The van der Waals surface area contributed by atoms with Gasteiger partial charge in [-0.3, -0.25) is 19.2 Å². The average molecular weight is 331 g/mol. The zero-order valence-electron chi connectivity index (χ0n) is 13.5. The molecule has 9 nitrogen and oxygen atoms in total. The molecule has 1 rings (SSSR count). The SMILES string of the molecule is CC(=O)N[C@@H]1C[C@@H](OC(C)=O)[C@H](OC(C)=O)[C@@H](COC(C)=O)O1. The van der Waals surface area contributed by atoms with Gasteiger partial charge in [-0.25, -0.2) is 0 Å². The van der Waals surface area contributed by atoms with Gasteiger partial charge in [0, 0.05) is 34.1 Å². The summed E-state index contributed by atoms with van der Waals surface area (Å²) in [6, 6.07) is 0. The molecular formula is C14H21NO8. The van der Waals surface area contributed by atoms with Gasteiger partial charge in [-0.1, -0.05) is 0 Å². The summed E-state index contributed by atoms with van der Waals surface area (Å²) in [5.41, 5.74) is 0. The quantitative estimate of drug-likeness (QED) is 0.537. The zero-order chi connectivity index (χ0) is 17.6. The number of amides is 1. The molecule has 0 saturated carbocycles. The number of nitrogens with one attached hydrogen (secondary N) is 1. The first-order chi connectivity index (χ1) is 10.7. The fraction of sp³-hybridized carbons (Fsp3) is 0.714. The van der Waals surface area contributed by atoms with Crippen LogP contribution in [-0.4, -0.2) is 55.0 Å². The molecule has 23 heavy (non-hydrogen) atoms. The van der Waals surface area contributed by atoms with Crippen molar-refractivity contribution in [2.45, 2.75) is 58.7 Å². The van der Waals surface area contributed by atoms with Crippen LogP contribution in [0.15, 0.2) is 0 Å². The Bertz CT molecular complexity index is 477. The Kier molecular flexibility index (Phi) is 6.95. The third kappa shape index (κ3) is 6.64. The number of hydrogen-bond donors (Lipinski definition) is 1. The van der Waals surface area contributed by atoms with Crippen LogP contribution < -0.4 is 5.32 Å². The molecule has 4 atom stereocenters. The monoisotopic (exact) mass is 331 g/mol. The lowest BCUT2D eigenvalue weighted by molar-refractivity contribution is -0.218.